The largest absolute Gasteiger partial charge is 0.393 e. The second-order valence-electron chi connectivity index (χ2n) is 7.73. The van der Waals surface area contributed by atoms with Gasteiger partial charge in [-0.3, -0.25) is 4.79 Å². The molecule has 4 rings (SSSR count). The minimum absolute atomic E-state index is 0.000152. The van der Waals surface area contributed by atoms with Crippen molar-refractivity contribution in [1.29, 1.82) is 0 Å². The van der Waals surface area contributed by atoms with Crippen LogP contribution in [0.3, 0.4) is 0 Å². The molecule has 0 aromatic heterocycles. The summed E-state index contributed by atoms with van der Waals surface area (Å²) in [7, 11) is 0. The van der Waals surface area contributed by atoms with Gasteiger partial charge in [0.25, 0.3) is 5.91 Å². The first-order valence-electron chi connectivity index (χ1n) is 9.76. The third-order valence-corrected chi connectivity index (χ3v) is 5.66. The highest BCUT2D eigenvalue weighted by Crippen LogP contribution is 2.41. The third kappa shape index (κ3) is 4.23. The van der Waals surface area contributed by atoms with Crippen LogP contribution in [-0.4, -0.2) is 41.1 Å². The Bertz CT molecular complexity index is 865. The van der Waals surface area contributed by atoms with Gasteiger partial charge >= 0.3 is 0 Å². The van der Waals surface area contributed by atoms with Crippen LogP contribution in [0.15, 0.2) is 42.5 Å². The van der Waals surface area contributed by atoms with E-state index < -0.39 is 11.6 Å². The summed E-state index contributed by atoms with van der Waals surface area (Å²) in [6.45, 7) is 1.78. The lowest BCUT2D eigenvalue weighted by molar-refractivity contribution is 0.0546. The standard InChI is InChI=1S/C22H24F2N2O2/c23-19-5-4-15(11-20(19)24)18-12-21(18)25-13-14-2-1-3-16(10-14)22(28)26-8-6-17(27)7-9-26/h1-5,10-11,17-18,21,25,27H,6-9,12-13H2/t18-,21+/m0/s1. The molecule has 1 amide bonds. The molecule has 148 valence electrons. The summed E-state index contributed by atoms with van der Waals surface area (Å²) < 4.78 is 26.5. The summed E-state index contributed by atoms with van der Waals surface area (Å²) in [5, 5.41) is 13.0. The number of hydrogen-bond donors (Lipinski definition) is 2. The Balaban J connectivity index is 1.33. The van der Waals surface area contributed by atoms with Gasteiger partial charge in [-0.2, -0.15) is 0 Å². The van der Waals surface area contributed by atoms with E-state index in [1.54, 1.807) is 11.0 Å². The van der Waals surface area contributed by atoms with Crippen molar-refractivity contribution in [2.75, 3.05) is 13.1 Å². The maximum atomic E-state index is 13.4. The zero-order valence-electron chi connectivity index (χ0n) is 15.6. The number of piperidine rings is 1. The van der Waals surface area contributed by atoms with Crippen molar-refractivity contribution in [2.24, 2.45) is 0 Å². The number of carbonyl (C=O) groups excluding carboxylic acids is 1. The second-order valence-corrected chi connectivity index (χ2v) is 7.73. The van der Waals surface area contributed by atoms with E-state index in [2.05, 4.69) is 5.32 Å². The normalized spacial score (nSPS) is 22.3. The zero-order chi connectivity index (χ0) is 19.7. The van der Waals surface area contributed by atoms with Crippen LogP contribution in [0.1, 0.15) is 46.7 Å². The fourth-order valence-corrected chi connectivity index (χ4v) is 3.85. The Morgan fingerprint density at radius 1 is 1.11 bits per heavy atom. The molecule has 28 heavy (non-hydrogen) atoms. The van der Waals surface area contributed by atoms with Crippen molar-refractivity contribution < 1.29 is 18.7 Å². The van der Waals surface area contributed by atoms with Gasteiger partial charge in [-0.15, -0.1) is 0 Å². The predicted molar refractivity (Wildman–Crippen MR) is 102 cm³/mol. The zero-order valence-corrected chi connectivity index (χ0v) is 15.6. The van der Waals surface area contributed by atoms with Gasteiger partial charge in [0, 0.05) is 37.2 Å². The summed E-state index contributed by atoms with van der Waals surface area (Å²) in [5.74, 6) is -1.43. The number of halogens is 2. The van der Waals surface area contributed by atoms with Crippen molar-refractivity contribution in [3.8, 4) is 0 Å². The summed E-state index contributed by atoms with van der Waals surface area (Å²) >= 11 is 0. The third-order valence-electron chi connectivity index (χ3n) is 5.66. The molecule has 2 aromatic rings. The Morgan fingerprint density at radius 2 is 1.89 bits per heavy atom. The number of carbonyl (C=O) groups is 1. The molecule has 1 saturated carbocycles. The molecule has 2 aromatic carbocycles. The molecular weight excluding hydrogens is 362 g/mol. The number of benzene rings is 2. The maximum absolute atomic E-state index is 13.4. The molecule has 2 N–H and O–H groups in total. The minimum atomic E-state index is -0.821. The molecule has 0 spiro atoms. The van der Waals surface area contributed by atoms with Crippen molar-refractivity contribution in [1.82, 2.24) is 10.2 Å². The average Bonchev–Trinajstić information content (AvgIpc) is 3.48. The summed E-state index contributed by atoms with van der Waals surface area (Å²) in [6.07, 6.45) is 1.83. The maximum Gasteiger partial charge on any atom is 0.253 e. The number of nitrogens with one attached hydrogen (secondary N) is 1. The molecule has 0 bridgehead atoms. The second kappa shape index (κ2) is 7.97. The number of aliphatic hydroxyl groups is 1. The molecule has 4 nitrogen and oxygen atoms in total. The van der Waals surface area contributed by atoms with E-state index in [1.807, 2.05) is 24.3 Å². The Labute approximate surface area is 163 Å². The highest BCUT2D eigenvalue weighted by molar-refractivity contribution is 5.94. The Kier molecular flexibility index (Phi) is 5.42. The molecule has 2 fully saturated rings. The number of aliphatic hydroxyl groups excluding tert-OH is 1. The molecule has 0 radical (unpaired) electrons. The first kappa shape index (κ1) is 19.0. The van der Waals surface area contributed by atoms with Gasteiger partial charge in [-0.1, -0.05) is 18.2 Å². The monoisotopic (exact) mass is 386 g/mol. The molecule has 1 aliphatic carbocycles. The van der Waals surface area contributed by atoms with Crippen LogP contribution in [0.2, 0.25) is 0 Å². The number of amides is 1. The van der Waals surface area contributed by atoms with Gasteiger partial charge in [0.05, 0.1) is 6.10 Å². The molecule has 0 unspecified atom stereocenters. The van der Waals surface area contributed by atoms with Crippen LogP contribution in [0.4, 0.5) is 8.78 Å². The fraction of sp³-hybridized carbons (Fsp3) is 0.409. The lowest BCUT2D eigenvalue weighted by Crippen LogP contribution is -2.40. The van der Waals surface area contributed by atoms with Gasteiger partial charge in [-0.05, 0) is 54.7 Å². The number of likely N-dealkylation sites (tertiary alicyclic amines) is 1. The van der Waals surface area contributed by atoms with Crippen molar-refractivity contribution in [3.05, 3.63) is 70.8 Å². The first-order valence-corrected chi connectivity index (χ1v) is 9.76. The summed E-state index contributed by atoms with van der Waals surface area (Å²) in [5.41, 5.74) is 2.48. The smallest absolute Gasteiger partial charge is 0.253 e. The molecule has 2 aliphatic rings. The van der Waals surface area contributed by atoms with E-state index in [-0.39, 0.29) is 24.0 Å². The van der Waals surface area contributed by atoms with Crippen LogP contribution >= 0.6 is 0 Å². The van der Waals surface area contributed by atoms with Gasteiger partial charge in [0.1, 0.15) is 0 Å². The molecular formula is C22H24F2N2O2. The average molecular weight is 386 g/mol. The van der Waals surface area contributed by atoms with Gasteiger partial charge in [0.15, 0.2) is 11.6 Å². The van der Waals surface area contributed by atoms with Crippen molar-refractivity contribution in [3.63, 3.8) is 0 Å². The molecule has 1 saturated heterocycles. The van der Waals surface area contributed by atoms with Gasteiger partial charge in [0.2, 0.25) is 0 Å². The fourth-order valence-electron chi connectivity index (χ4n) is 3.85. The number of rotatable bonds is 5. The van der Waals surface area contributed by atoms with E-state index in [0.717, 1.165) is 17.5 Å². The number of hydrogen-bond acceptors (Lipinski definition) is 3. The van der Waals surface area contributed by atoms with E-state index in [0.29, 0.717) is 38.0 Å². The van der Waals surface area contributed by atoms with E-state index >= 15 is 0 Å². The van der Waals surface area contributed by atoms with Crippen molar-refractivity contribution in [2.45, 2.75) is 43.9 Å². The van der Waals surface area contributed by atoms with Crippen LogP contribution < -0.4 is 5.32 Å². The molecule has 1 aliphatic heterocycles. The first-order chi connectivity index (χ1) is 13.5. The van der Waals surface area contributed by atoms with E-state index in [4.69, 9.17) is 0 Å². The quantitative estimate of drug-likeness (QED) is 0.830. The van der Waals surface area contributed by atoms with Crippen LogP contribution in [-0.2, 0) is 6.54 Å². The van der Waals surface area contributed by atoms with Gasteiger partial charge < -0.3 is 15.3 Å². The highest BCUT2D eigenvalue weighted by Gasteiger charge is 2.38. The summed E-state index contributed by atoms with van der Waals surface area (Å²) in [6, 6.07) is 11.9. The predicted octanol–water partition coefficient (Wildman–Crippen LogP) is 3.21. The molecule has 6 heteroatoms. The van der Waals surface area contributed by atoms with Crippen molar-refractivity contribution >= 4 is 5.91 Å². The molecule has 1 heterocycles. The molecule has 2 atom stereocenters. The minimum Gasteiger partial charge on any atom is -0.393 e. The van der Waals surface area contributed by atoms with E-state index in [1.165, 1.54) is 12.1 Å². The SMILES string of the molecule is O=C(c1cccc(CN[C@@H]2C[C@H]2c2ccc(F)c(F)c2)c1)N1CCC(O)CC1. The number of nitrogens with zero attached hydrogens (tertiary/aromatic N) is 1. The van der Waals surface area contributed by atoms with E-state index in [9.17, 15) is 18.7 Å². The highest BCUT2D eigenvalue weighted by atomic mass is 19.2. The van der Waals surface area contributed by atoms with Gasteiger partial charge in [-0.25, -0.2) is 8.78 Å². The van der Waals surface area contributed by atoms with Crippen LogP contribution in [0, 0.1) is 11.6 Å². The lowest BCUT2D eigenvalue weighted by atomic mass is 10.1. The Morgan fingerprint density at radius 3 is 2.64 bits per heavy atom. The topological polar surface area (TPSA) is 52.6 Å². The Hall–Kier alpha value is -2.31. The van der Waals surface area contributed by atoms with Crippen LogP contribution in [0.5, 0.6) is 0 Å². The lowest BCUT2D eigenvalue weighted by Gasteiger charge is -2.29. The van der Waals surface area contributed by atoms with Crippen LogP contribution in [0.25, 0.3) is 0 Å². The summed E-state index contributed by atoms with van der Waals surface area (Å²) in [4.78, 5) is 14.5.